The first-order valence-electron chi connectivity index (χ1n) is 15.9. The molecule has 3 heteroatoms. The molecule has 0 N–H and O–H groups in total. The highest BCUT2D eigenvalue weighted by Crippen LogP contribution is 2.48. The van der Waals surface area contributed by atoms with Gasteiger partial charge in [-0.25, -0.2) is 0 Å². The zero-order valence-corrected chi connectivity index (χ0v) is 25.4. The summed E-state index contributed by atoms with van der Waals surface area (Å²) >= 11 is 0. The molecule has 0 aliphatic carbocycles. The van der Waals surface area contributed by atoms with Gasteiger partial charge in [-0.05, 0) is 41.1 Å². The standard InChI is InChI=1S/C44H27NO2/c1-3-15-30-28(12-1)14-9-23-38(30)45(40-24-11-21-35-33-18-6-8-25-41(33)46-44(35)40)39-22-7-5-17-32(39)34-19-10-20-36-37-27-26-29-13-2-4-16-31(29)42(37)47-43(34)36/h1-27H. The SMILES string of the molecule is c1ccc(N(c2cccc3ccccc23)c2cccc3c2oc2ccccc23)c(-c2cccc3c2oc2c4ccccc4ccc32)c1. The Labute approximate surface area is 270 Å². The van der Waals surface area contributed by atoms with E-state index in [-0.39, 0.29) is 0 Å². The third-order valence-electron chi connectivity index (χ3n) is 9.46. The average molecular weight is 602 g/mol. The van der Waals surface area contributed by atoms with Crippen LogP contribution in [0.15, 0.2) is 173 Å². The van der Waals surface area contributed by atoms with Crippen molar-refractivity contribution >= 4 is 82.5 Å². The van der Waals surface area contributed by atoms with Crippen molar-refractivity contribution in [2.24, 2.45) is 0 Å². The van der Waals surface area contributed by atoms with Crippen LogP contribution in [0.4, 0.5) is 17.1 Å². The molecule has 0 spiro atoms. The molecule has 0 aliphatic rings. The van der Waals surface area contributed by atoms with E-state index in [2.05, 4.69) is 157 Å². The third-order valence-corrected chi connectivity index (χ3v) is 9.46. The number of hydrogen-bond donors (Lipinski definition) is 0. The van der Waals surface area contributed by atoms with Crippen molar-refractivity contribution in [3.05, 3.63) is 164 Å². The molecule has 8 aromatic carbocycles. The number of benzene rings is 8. The Bertz CT molecular complexity index is 2820. The summed E-state index contributed by atoms with van der Waals surface area (Å²) in [4.78, 5) is 2.36. The summed E-state index contributed by atoms with van der Waals surface area (Å²) < 4.78 is 13.5. The number of furan rings is 2. The monoisotopic (exact) mass is 601 g/mol. The van der Waals surface area contributed by atoms with E-state index in [1.54, 1.807) is 0 Å². The van der Waals surface area contributed by atoms with E-state index >= 15 is 0 Å². The summed E-state index contributed by atoms with van der Waals surface area (Å²) in [6.07, 6.45) is 0. The van der Waals surface area contributed by atoms with Gasteiger partial charge in [0, 0.05) is 43.4 Å². The van der Waals surface area contributed by atoms with E-state index in [0.717, 1.165) is 82.8 Å². The fraction of sp³-hybridized carbons (Fsp3) is 0. The van der Waals surface area contributed by atoms with Crippen LogP contribution in [-0.4, -0.2) is 0 Å². The largest absolute Gasteiger partial charge is 0.455 e. The molecule has 0 fully saturated rings. The zero-order valence-electron chi connectivity index (χ0n) is 25.4. The number of anilines is 3. The van der Waals surface area contributed by atoms with Gasteiger partial charge >= 0.3 is 0 Å². The lowest BCUT2D eigenvalue weighted by Crippen LogP contribution is -2.12. The van der Waals surface area contributed by atoms with Crippen LogP contribution in [0.3, 0.4) is 0 Å². The first-order chi connectivity index (χ1) is 23.3. The van der Waals surface area contributed by atoms with Gasteiger partial charge in [0.1, 0.15) is 16.7 Å². The topological polar surface area (TPSA) is 29.5 Å². The summed E-state index contributed by atoms with van der Waals surface area (Å²) in [5.41, 5.74) is 8.73. The van der Waals surface area contributed by atoms with Crippen LogP contribution >= 0.6 is 0 Å². The second-order valence-electron chi connectivity index (χ2n) is 12.1. The van der Waals surface area contributed by atoms with Crippen LogP contribution in [-0.2, 0) is 0 Å². The smallest absolute Gasteiger partial charge is 0.159 e. The van der Waals surface area contributed by atoms with Crippen molar-refractivity contribution in [1.29, 1.82) is 0 Å². The number of para-hydroxylation sites is 4. The molecule has 3 nitrogen and oxygen atoms in total. The van der Waals surface area contributed by atoms with Crippen LogP contribution in [0.2, 0.25) is 0 Å². The van der Waals surface area contributed by atoms with Crippen LogP contribution in [0.5, 0.6) is 0 Å². The molecule has 0 amide bonds. The Hall–Kier alpha value is -6.32. The molecule has 2 aromatic heterocycles. The fourth-order valence-corrected chi connectivity index (χ4v) is 7.34. The van der Waals surface area contributed by atoms with Gasteiger partial charge in [0.25, 0.3) is 0 Å². The summed E-state index contributed by atoms with van der Waals surface area (Å²) in [5.74, 6) is 0. The van der Waals surface area contributed by atoms with E-state index in [4.69, 9.17) is 8.83 Å². The molecule has 0 saturated carbocycles. The quantitative estimate of drug-likeness (QED) is 0.201. The van der Waals surface area contributed by atoms with E-state index in [1.165, 1.54) is 10.8 Å². The maximum absolute atomic E-state index is 6.84. The van der Waals surface area contributed by atoms with Crippen LogP contribution in [0.25, 0.3) is 76.5 Å². The van der Waals surface area contributed by atoms with Gasteiger partial charge < -0.3 is 13.7 Å². The lowest BCUT2D eigenvalue weighted by Gasteiger charge is -2.29. The molecule has 0 aliphatic heterocycles. The van der Waals surface area contributed by atoms with Crippen molar-refractivity contribution < 1.29 is 8.83 Å². The first kappa shape index (κ1) is 26.0. The number of hydrogen-bond acceptors (Lipinski definition) is 3. The predicted molar refractivity (Wildman–Crippen MR) is 196 cm³/mol. The highest BCUT2D eigenvalue weighted by Gasteiger charge is 2.24. The van der Waals surface area contributed by atoms with Gasteiger partial charge in [-0.3, -0.25) is 0 Å². The molecule has 0 radical (unpaired) electrons. The van der Waals surface area contributed by atoms with Gasteiger partial charge in [0.15, 0.2) is 5.58 Å². The minimum Gasteiger partial charge on any atom is -0.455 e. The van der Waals surface area contributed by atoms with Crippen LogP contribution in [0, 0.1) is 0 Å². The molecule has 10 aromatic rings. The summed E-state index contributed by atoms with van der Waals surface area (Å²) in [5, 5.41) is 9.05. The molecule has 0 atom stereocenters. The summed E-state index contributed by atoms with van der Waals surface area (Å²) in [6, 6.07) is 57.7. The zero-order chi connectivity index (χ0) is 30.9. The molecule has 0 bridgehead atoms. The van der Waals surface area contributed by atoms with Crippen molar-refractivity contribution in [3.63, 3.8) is 0 Å². The van der Waals surface area contributed by atoms with Gasteiger partial charge in [-0.1, -0.05) is 133 Å². The molecular weight excluding hydrogens is 574 g/mol. The number of rotatable bonds is 4. The summed E-state index contributed by atoms with van der Waals surface area (Å²) in [6.45, 7) is 0. The van der Waals surface area contributed by atoms with Crippen LogP contribution in [0.1, 0.15) is 0 Å². The highest BCUT2D eigenvalue weighted by atomic mass is 16.3. The lowest BCUT2D eigenvalue weighted by atomic mass is 9.98. The van der Waals surface area contributed by atoms with Crippen molar-refractivity contribution in [2.75, 3.05) is 4.90 Å². The molecule has 0 saturated heterocycles. The maximum atomic E-state index is 6.84. The van der Waals surface area contributed by atoms with Gasteiger partial charge in [0.2, 0.25) is 0 Å². The van der Waals surface area contributed by atoms with E-state index < -0.39 is 0 Å². The van der Waals surface area contributed by atoms with Crippen LogP contribution < -0.4 is 4.90 Å². The van der Waals surface area contributed by atoms with E-state index in [1.807, 2.05) is 12.1 Å². The molecule has 2 heterocycles. The van der Waals surface area contributed by atoms with Crippen molar-refractivity contribution in [1.82, 2.24) is 0 Å². The Kier molecular flexibility index (Phi) is 5.57. The third kappa shape index (κ3) is 3.87. The molecule has 0 unspecified atom stereocenters. The van der Waals surface area contributed by atoms with Crippen molar-refractivity contribution in [2.45, 2.75) is 0 Å². The minimum atomic E-state index is 0.852. The second-order valence-corrected chi connectivity index (χ2v) is 12.1. The van der Waals surface area contributed by atoms with Gasteiger partial charge in [-0.15, -0.1) is 0 Å². The average Bonchev–Trinajstić information content (AvgIpc) is 3.72. The van der Waals surface area contributed by atoms with E-state index in [0.29, 0.717) is 0 Å². The van der Waals surface area contributed by atoms with Gasteiger partial charge in [-0.2, -0.15) is 0 Å². The Morgan fingerprint density at radius 2 is 0.851 bits per heavy atom. The minimum absolute atomic E-state index is 0.852. The highest BCUT2D eigenvalue weighted by molar-refractivity contribution is 6.18. The molecule has 47 heavy (non-hydrogen) atoms. The van der Waals surface area contributed by atoms with Gasteiger partial charge in [0.05, 0.1) is 17.1 Å². The Balaban J connectivity index is 1.29. The second kappa shape index (κ2) is 10.1. The summed E-state index contributed by atoms with van der Waals surface area (Å²) in [7, 11) is 0. The van der Waals surface area contributed by atoms with E-state index in [9.17, 15) is 0 Å². The van der Waals surface area contributed by atoms with Crippen molar-refractivity contribution in [3.8, 4) is 11.1 Å². The number of nitrogens with zero attached hydrogens (tertiary/aromatic N) is 1. The maximum Gasteiger partial charge on any atom is 0.159 e. The Morgan fingerprint density at radius 3 is 1.74 bits per heavy atom. The molecular formula is C44H27NO2. The molecule has 10 rings (SSSR count). The normalized spacial score (nSPS) is 11.8. The first-order valence-corrected chi connectivity index (χ1v) is 15.9. The Morgan fingerprint density at radius 1 is 0.298 bits per heavy atom. The number of fused-ring (bicyclic) bond motifs is 9. The fourth-order valence-electron chi connectivity index (χ4n) is 7.34. The molecule has 220 valence electrons. The predicted octanol–water partition coefficient (Wildman–Crippen LogP) is 12.9. The lowest BCUT2D eigenvalue weighted by molar-refractivity contribution is 0.669.